The number of hydrogen-bond donors (Lipinski definition) is 1. The van der Waals surface area contributed by atoms with Crippen LogP contribution in [0.25, 0.3) is 10.1 Å². The van der Waals surface area contributed by atoms with Gasteiger partial charge in [0.25, 0.3) is 0 Å². The monoisotopic (exact) mass is 507 g/mol. The van der Waals surface area contributed by atoms with Gasteiger partial charge in [-0.15, -0.1) is 11.3 Å². The van der Waals surface area contributed by atoms with Crippen molar-refractivity contribution in [3.05, 3.63) is 142 Å². The number of halogens is 1. The molecule has 0 atom stereocenters. The van der Waals surface area contributed by atoms with Gasteiger partial charge in [-0.25, -0.2) is 4.39 Å². The van der Waals surface area contributed by atoms with E-state index < -0.39 is 5.54 Å². The second-order valence-electron chi connectivity index (χ2n) is 9.81. The van der Waals surface area contributed by atoms with Crippen molar-refractivity contribution in [3.8, 4) is 0 Å². The van der Waals surface area contributed by atoms with Crippen molar-refractivity contribution >= 4 is 21.4 Å². The summed E-state index contributed by atoms with van der Waals surface area (Å²) in [5, 5.41) is 11.2. The molecule has 1 N–H and O–H groups in total. The summed E-state index contributed by atoms with van der Waals surface area (Å²) in [4.78, 5) is 3.61. The summed E-state index contributed by atoms with van der Waals surface area (Å²) < 4.78 is 14.9. The van der Waals surface area contributed by atoms with Crippen molar-refractivity contribution in [1.82, 2.24) is 4.90 Å². The molecule has 1 fully saturated rings. The molecule has 2 nitrogen and oxygen atoms in total. The molecule has 0 spiro atoms. The number of likely N-dealkylation sites (tertiary alicyclic amines) is 1. The highest BCUT2D eigenvalue weighted by Gasteiger charge is 2.43. The zero-order valence-corrected chi connectivity index (χ0v) is 21.5. The maximum absolute atomic E-state index is 13.9. The number of benzene rings is 4. The van der Waals surface area contributed by atoms with E-state index in [9.17, 15) is 9.50 Å². The molecular formula is C33H30FNOS. The quantitative estimate of drug-likeness (QED) is 0.238. The molecule has 4 heteroatoms. The van der Waals surface area contributed by atoms with Crippen LogP contribution < -0.4 is 0 Å². The number of rotatable bonds is 6. The molecule has 0 saturated carbocycles. The van der Waals surface area contributed by atoms with Crippen LogP contribution in [0.2, 0.25) is 0 Å². The van der Waals surface area contributed by atoms with Gasteiger partial charge >= 0.3 is 0 Å². The van der Waals surface area contributed by atoms with E-state index in [1.165, 1.54) is 33.6 Å². The number of aliphatic hydroxyl groups is 1. The molecule has 0 bridgehead atoms. The van der Waals surface area contributed by atoms with Crippen LogP contribution in [0.1, 0.15) is 45.9 Å². The lowest BCUT2D eigenvalue weighted by molar-refractivity contribution is 0.118. The maximum Gasteiger partial charge on any atom is 0.124 e. The highest BCUT2D eigenvalue weighted by Crippen LogP contribution is 2.47. The number of thiophene rings is 1. The second-order valence-corrected chi connectivity index (χ2v) is 10.9. The fraction of sp³-hybridized carbons (Fsp3) is 0.212. The molecule has 6 rings (SSSR count). The summed E-state index contributed by atoms with van der Waals surface area (Å²) in [6, 6.07) is 37.5. The third kappa shape index (κ3) is 4.19. The predicted octanol–water partition coefficient (Wildman–Crippen LogP) is 7.70. The summed E-state index contributed by atoms with van der Waals surface area (Å²) >= 11 is 1.53. The van der Waals surface area contributed by atoms with Gasteiger partial charge in [-0.05, 0) is 58.5 Å². The predicted molar refractivity (Wildman–Crippen MR) is 150 cm³/mol. The zero-order valence-electron chi connectivity index (χ0n) is 20.7. The topological polar surface area (TPSA) is 23.5 Å². The normalized spacial score (nSPS) is 15.3. The summed E-state index contributed by atoms with van der Waals surface area (Å²) in [6.07, 6.45) is 1.95. The van der Waals surface area contributed by atoms with Crippen molar-refractivity contribution in [3.63, 3.8) is 0 Å². The third-order valence-corrected chi connectivity index (χ3v) is 9.02. The first kappa shape index (κ1) is 24.1. The van der Waals surface area contributed by atoms with Gasteiger partial charge < -0.3 is 5.11 Å². The van der Waals surface area contributed by atoms with E-state index in [4.69, 9.17) is 0 Å². The van der Waals surface area contributed by atoms with Gasteiger partial charge in [-0.3, -0.25) is 4.90 Å². The molecule has 1 saturated heterocycles. The Morgan fingerprint density at radius 2 is 1.27 bits per heavy atom. The first-order chi connectivity index (χ1) is 18.2. The Morgan fingerprint density at radius 1 is 0.757 bits per heavy atom. The highest BCUT2D eigenvalue weighted by molar-refractivity contribution is 7.19. The number of piperidine rings is 1. The largest absolute Gasteiger partial charge is 0.391 e. The molecule has 186 valence electrons. The lowest BCUT2D eigenvalue weighted by atomic mass is 9.74. The van der Waals surface area contributed by atoms with Crippen LogP contribution in [0.5, 0.6) is 0 Å². The van der Waals surface area contributed by atoms with Crippen LogP contribution in [-0.2, 0) is 12.1 Å². The molecule has 1 aliphatic rings. The van der Waals surface area contributed by atoms with Gasteiger partial charge in [0.2, 0.25) is 0 Å². The van der Waals surface area contributed by atoms with Gasteiger partial charge in [-0.2, -0.15) is 0 Å². The smallest absolute Gasteiger partial charge is 0.124 e. The zero-order chi connectivity index (χ0) is 25.2. The number of hydrogen-bond acceptors (Lipinski definition) is 3. The van der Waals surface area contributed by atoms with E-state index in [0.717, 1.165) is 40.9 Å². The van der Waals surface area contributed by atoms with Crippen molar-refractivity contribution in [2.24, 2.45) is 0 Å². The number of fused-ring (bicyclic) bond motifs is 1. The minimum absolute atomic E-state index is 0.00149. The number of nitrogens with zero attached hydrogens (tertiary/aromatic N) is 1. The second kappa shape index (κ2) is 10.2. The summed E-state index contributed by atoms with van der Waals surface area (Å²) in [5.41, 5.74) is 4.59. The van der Waals surface area contributed by atoms with E-state index in [2.05, 4.69) is 95.9 Å². The molecule has 0 radical (unpaired) electrons. The average molecular weight is 508 g/mol. The molecule has 2 heterocycles. The molecule has 1 aromatic heterocycles. The van der Waals surface area contributed by atoms with Crippen molar-refractivity contribution in [1.29, 1.82) is 0 Å². The van der Waals surface area contributed by atoms with E-state index in [0.29, 0.717) is 5.92 Å². The Labute approximate surface area is 221 Å². The van der Waals surface area contributed by atoms with E-state index in [1.807, 2.05) is 6.07 Å². The summed E-state index contributed by atoms with van der Waals surface area (Å²) in [5.74, 6) is 0.107. The fourth-order valence-corrected chi connectivity index (χ4v) is 7.47. The lowest BCUT2D eigenvalue weighted by Crippen LogP contribution is -2.51. The van der Waals surface area contributed by atoms with Gasteiger partial charge in [0, 0.05) is 22.7 Å². The summed E-state index contributed by atoms with van der Waals surface area (Å²) in [6.45, 7) is 1.82. The Balaban J connectivity index is 1.43. The van der Waals surface area contributed by atoms with Crippen LogP contribution in [0.3, 0.4) is 0 Å². The van der Waals surface area contributed by atoms with Gasteiger partial charge in [0.1, 0.15) is 5.82 Å². The molecule has 1 aliphatic heterocycles. The minimum Gasteiger partial charge on any atom is -0.391 e. The van der Waals surface area contributed by atoms with E-state index >= 15 is 0 Å². The van der Waals surface area contributed by atoms with Gasteiger partial charge in [-0.1, -0.05) is 97.1 Å². The lowest BCUT2D eigenvalue weighted by Gasteiger charge is -2.48. The van der Waals surface area contributed by atoms with Crippen molar-refractivity contribution in [2.45, 2.75) is 30.9 Å². The van der Waals surface area contributed by atoms with E-state index in [1.54, 1.807) is 12.1 Å². The van der Waals surface area contributed by atoms with Crippen molar-refractivity contribution < 1.29 is 9.50 Å². The molecule has 4 aromatic carbocycles. The maximum atomic E-state index is 13.9. The fourth-order valence-electron chi connectivity index (χ4n) is 6.30. The van der Waals surface area contributed by atoms with Crippen LogP contribution >= 0.6 is 11.3 Å². The SMILES string of the molecule is OCc1sc2cc(F)ccc2c1C1CCN(C(c2ccccc2)(c2ccccc2)c2ccccc2)CC1. The van der Waals surface area contributed by atoms with E-state index in [-0.39, 0.29) is 12.4 Å². The Kier molecular flexibility index (Phi) is 6.64. The van der Waals surface area contributed by atoms with Gasteiger partial charge in [0.05, 0.1) is 12.1 Å². The Bertz CT molecular complexity index is 1380. The number of aliphatic hydroxyl groups excluding tert-OH is 1. The molecule has 0 unspecified atom stereocenters. The van der Waals surface area contributed by atoms with Crippen molar-refractivity contribution in [2.75, 3.05) is 13.1 Å². The van der Waals surface area contributed by atoms with Crippen LogP contribution in [0.15, 0.2) is 109 Å². The Hall–Kier alpha value is -3.31. The highest BCUT2D eigenvalue weighted by atomic mass is 32.1. The first-order valence-corrected chi connectivity index (χ1v) is 13.8. The average Bonchev–Trinajstić information content (AvgIpc) is 3.33. The first-order valence-electron chi connectivity index (χ1n) is 12.9. The standard InChI is InChI=1S/C33H30FNOS/c34-28-16-17-29-30(22-28)37-31(23-36)32(29)24-18-20-35(21-19-24)33(25-10-4-1-5-11-25,26-12-6-2-7-13-26)27-14-8-3-9-15-27/h1-17,22,24,36H,18-21,23H2. The molecule has 37 heavy (non-hydrogen) atoms. The molecule has 0 aliphatic carbocycles. The van der Waals surface area contributed by atoms with Crippen LogP contribution in [0.4, 0.5) is 4.39 Å². The van der Waals surface area contributed by atoms with Gasteiger partial charge in [0.15, 0.2) is 0 Å². The molecule has 5 aromatic rings. The van der Waals surface area contributed by atoms with Crippen LogP contribution in [-0.4, -0.2) is 23.1 Å². The van der Waals surface area contributed by atoms with Crippen LogP contribution in [0, 0.1) is 5.82 Å². The molecular weight excluding hydrogens is 477 g/mol. The summed E-state index contributed by atoms with van der Waals surface area (Å²) in [7, 11) is 0. The third-order valence-electron chi connectivity index (χ3n) is 7.86. The molecule has 0 amide bonds. The Morgan fingerprint density at radius 3 is 1.76 bits per heavy atom. The minimum atomic E-state index is -0.408.